The lowest BCUT2D eigenvalue weighted by atomic mass is 9.97. The maximum atomic E-state index is 11.9. The highest BCUT2D eigenvalue weighted by atomic mass is 16.5. The Morgan fingerprint density at radius 1 is 1.47 bits per heavy atom. The number of rotatable bonds is 6. The minimum atomic E-state index is -0.702. The van der Waals surface area contributed by atoms with Crippen LogP contribution in [-0.2, 0) is 14.3 Å². The van der Waals surface area contributed by atoms with Gasteiger partial charge in [0, 0.05) is 12.1 Å². The minimum Gasteiger partial charge on any atom is -0.465 e. The predicted octanol–water partition coefficient (Wildman–Crippen LogP) is 1.87. The van der Waals surface area contributed by atoms with E-state index in [4.69, 9.17) is 4.74 Å². The summed E-state index contributed by atoms with van der Waals surface area (Å²) in [6.45, 7) is 4.67. The summed E-state index contributed by atoms with van der Waals surface area (Å²) in [7, 11) is 0. The Hall–Kier alpha value is -1.39. The van der Waals surface area contributed by atoms with Crippen molar-refractivity contribution in [3.63, 3.8) is 0 Å². The van der Waals surface area contributed by atoms with Gasteiger partial charge >= 0.3 is 5.97 Å². The van der Waals surface area contributed by atoms with Crippen LogP contribution in [0, 0.1) is 17.8 Å². The van der Waals surface area contributed by atoms with Gasteiger partial charge in [0.2, 0.25) is 0 Å². The number of amides is 1. The van der Waals surface area contributed by atoms with Crippen LogP contribution in [-0.4, -0.2) is 24.2 Å². The summed E-state index contributed by atoms with van der Waals surface area (Å²) in [4.78, 5) is 23.5. The first kappa shape index (κ1) is 14.0. The van der Waals surface area contributed by atoms with Gasteiger partial charge in [0.05, 0.1) is 6.61 Å². The fourth-order valence-corrected chi connectivity index (χ4v) is 2.18. The number of nitrogens with zero attached hydrogens (tertiary/aromatic N) is 1. The summed E-state index contributed by atoms with van der Waals surface area (Å²) in [6.07, 6.45) is 4.54. The summed E-state index contributed by atoms with van der Waals surface area (Å²) in [5.74, 6) is -0.373. The van der Waals surface area contributed by atoms with Crippen LogP contribution in [0.25, 0.3) is 0 Å². The van der Waals surface area contributed by atoms with E-state index in [2.05, 4.69) is 24.4 Å². The van der Waals surface area contributed by atoms with Crippen LogP contribution in [0.2, 0.25) is 0 Å². The summed E-state index contributed by atoms with van der Waals surface area (Å²) in [5, 5.41) is 4.03. The fourth-order valence-electron chi connectivity index (χ4n) is 2.18. The van der Waals surface area contributed by atoms with E-state index in [0.29, 0.717) is 24.9 Å². The van der Waals surface area contributed by atoms with Crippen molar-refractivity contribution in [2.75, 3.05) is 6.61 Å². The summed E-state index contributed by atoms with van der Waals surface area (Å²) in [5.41, 5.74) is 3.39. The van der Waals surface area contributed by atoms with Gasteiger partial charge in [-0.15, -0.1) is 0 Å². The van der Waals surface area contributed by atoms with Crippen LogP contribution in [0.1, 0.15) is 46.0 Å². The molecule has 2 aliphatic rings. The third-order valence-corrected chi connectivity index (χ3v) is 3.54. The highest BCUT2D eigenvalue weighted by Crippen LogP contribution is 2.34. The Morgan fingerprint density at radius 2 is 2.21 bits per heavy atom. The van der Waals surface area contributed by atoms with E-state index >= 15 is 0 Å². The molecule has 1 N–H and O–H groups in total. The lowest BCUT2D eigenvalue weighted by Gasteiger charge is -2.20. The van der Waals surface area contributed by atoms with Gasteiger partial charge in [-0.25, -0.2) is 5.43 Å². The molecule has 0 aromatic rings. The molecule has 0 radical (unpaired) electrons. The second-order valence-electron chi connectivity index (χ2n) is 5.81. The van der Waals surface area contributed by atoms with E-state index in [1.54, 1.807) is 0 Å². The van der Waals surface area contributed by atoms with Crippen LogP contribution in [0.3, 0.4) is 0 Å². The Kier molecular flexibility index (Phi) is 4.56. The average Bonchev–Trinajstić information content (AvgIpc) is 3.19. The van der Waals surface area contributed by atoms with E-state index in [1.807, 2.05) is 0 Å². The lowest BCUT2D eigenvalue weighted by Crippen LogP contribution is -2.40. The van der Waals surface area contributed by atoms with Crippen molar-refractivity contribution in [3.8, 4) is 0 Å². The van der Waals surface area contributed by atoms with Crippen molar-refractivity contribution in [1.29, 1.82) is 0 Å². The van der Waals surface area contributed by atoms with Crippen molar-refractivity contribution >= 4 is 17.6 Å². The molecule has 0 aromatic heterocycles. The van der Waals surface area contributed by atoms with E-state index in [0.717, 1.165) is 31.4 Å². The molecule has 0 bridgehead atoms. The number of hydrogen-bond donors (Lipinski definition) is 1. The molecule has 5 nitrogen and oxygen atoms in total. The van der Waals surface area contributed by atoms with Crippen molar-refractivity contribution < 1.29 is 14.3 Å². The maximum Gasteiger partial charge on any atom is 0.318 e. The van der Waals surface area contributed by atoms with Gasteiger partial charge in [-0.3, -0.25) is 9.59 Å². The summed E-state index contributed by atoms with van der Waals surface area (Å²) < 4.78 is 5.20. The maximum absolute atomic E-state index is 11.9. The smallest absolute Gasteiger partial charge is 0.318 e. The molecule has 1 heterocycles. The molecular weight excluding hydrogens is 244 g/mol. The molecule has 1 atom stereocenters. The molecule has 0 spiro atoms. The molecule has 5 heteroatoms. The Bertz CT molecular complexity index is 386. The highest BCUT2D eigenvalue weighted by molar-refractivity contribution is 6.05. The quantitative estimate of drug-likeness (QED) is 0.453. The second-order valence-corrected chi connectivity index (χ2v) is 5.81. The van der Waals surface area contributed by atoms with E-state index in [-0.39, 0.29) is 5.91 Å². The molecule has 1 aliphatic heterocycles. The zero-order valence-electron chi connectivity index (χ0n) is 11.6. The lowest BCUT2D eigenvalue weighted by molar-refractivity contribution is -0.152. The number of esters is 1. The molecule has 0 saturated heterocycles. The van der Waals surface area contributed by atoms with Gasteiger partial charge in [-0.05, 0) is 37.5 Å². The van der Waals surface area contributed by atoms with Crippen LogP contribution >= 0.6 is 0 Å². The molecule has 1 aliphatic carbocycles. The monoisotopic (exact) mass is 266 g/mol. The van der Waals surface area contributed by atoms with Crippen molar-refractivity contribution in [1.82, 2.24) is 5.43 Å². The SMILES string of the molecule is CC(C)CCCOC(=O)C1CC(C2CC2)=NNC1=O. The number of ether oxygens (including phenoxy) is 1. The van der Waals surface area contributed by atoms with Crippen LogP contribution < -0.4 is 5.43 Å². The van der Waals surface area contributed by atoms with E-state index in [1.165, 1.54) is 0 Å². The average molecular weight is 266 g/mol. The molecule has 0 aromatic carbocycles. The molecule has 2 rings (SSSR count). The largest absolute Gasteiger partial charge is 0.465 e. The van der Waals surface area contributed by atoms with Crippen molar-refractivity contribution in [3.05, 3.63) is 0 Å². The second kappa shape index (κ2) is 6.17. The Labute approximate surface area is 113 Å². The molecular formula is C14H22N2O3. The third-order valence-electron chi connectivity index (χ3n) is 3.54. The Morgan fingerprint density at radius 3 is 2.84 bits per heavy atom. The normalized spacial score (nSPS) is 23.0. The van der Waals surface area contributed by atoms with Crippen molar-refractivity contribution in [2.24, 2.45) is 22.9 Å². The number of hydrogen-bond acceptors (Lipinski definition) is 4. The molecule has 1 amide bonds. The van der Waals surface area contributed by atoms with Gasteiger partial charge in [-0.1, -0.05) is 13.8 Å². The summed E-state index contributed by atoms with van der Waals surface area (Å²) in [6, 6.07) is 0. The first-order chi connectivity index (χ1) is 9.08. The first-order valence-corrected chi connectivity index (χ1v) is 7.11. The molecule has 1 saturated carbocycles. The molecule has 106 valence electrons. The minimum absolute atomic E-state index is 0.335. The predicted molar refractivity (Wildman–Crippen MR) is 71.4 cm³/mol. The zero-order valence-corrected chi connectivity index (χ0v) is 11.6. The zero-order chi connectivity index (χ0) is 13.8. The molecule has 19 heavy (non-hydrogen) atoms. The van der Waals surface area contributed by atoms with Crippen molar-refractivity contribution in [2.45, 2.75) is 46.0 Å². The van der Waals surface area contributed by atoms with Crippen LogP contribution in [0.15, 0.2) is 5.10 Å². The molecule has 1 unspecified atom stereocenters. The Balaban J connectivity index is 1.78. The topological polar surface area (TPSA) is 67.8 Å². The standard InChI is InChI=1S/C14H22N2O3/c1-9(2)4-3-7-19-14(18)11-8-12(10-5-6-10)15-16-13(11)17/h9-11H,3-8H2,1-2H3,(H,16,17). The van der Waals surface area contributed by atoms with E-state index in [9.17, 15) is 9.59 Å². The van der Waals surface area contributed by atoms with Gasteiger partial charge in [0.15, 0.2) is 0 Å². The third kappa shape index (κ3) is 4.04. The van der Waals surface area contributed by atoms with Crippen LogP contribution in [0.5, 0.6) is 0 Å². The van der Waals surface area contributed by atoms with Gasteiger partial charge in [-0.2, -0.15) is 5.10 Å². The number of carbonyl (C=O) groups excluding carboxylic acids is 2. The number of nitrogens with one attached hydrogen (secondary N) is 1. The highest BCUT2D eigenvalue weighted by Gasteiger charge is 2.38. The van der Waals surface area contributed by atoms with E-state index < -0.39 is 11.9 Å². The first-order valence-electron chi connectivity index (χ1n) is 7.11. The van der Waals surface area contributed by atoms with Crippen LogP contribution in [0.4, 0.5) is 0 Å². The fraction of sp³-hybridized carbons (Fsp3) is 0.786. The van der Waals surface area contributed by atoms with Gasteiger partial charge in [0.1, 0.15) is 5.92 Å². The number of carbonyl (C=O) groups is 2. The number of hydrazone groups is 1. The molecule has 1 fully saturated rings. The summed E-state index contributed by atoms with van der Waals surface area (Å²) >= 11 is 0. The van der Waals surface area contributed by atoms with Gasteiger partial charge < -0.3 is 4.74 Å². The van der Waals surface area contributed by atoms with Gasteiger partial charge in [0.25, 0.3) is 5.91 Å².